The predicted molar refractivity (Wildman–Crippen MR) is 123 cm³/mol. The molecule has 1 aliphatic heterocycles. The van der Waals surface area contributed by atoms with Crippen LogP contribution in [0.3, 0.4) is 0 Å². The van der Waals surface area contributed by atoms with Crippen molar-refractivity contribution in [2.24, 2.45) is 0 Å². The van der Waals surface area contributed by atoms with Gasteiger partial charge in [0.1, 0.15) is 6.54 Å². The summed E-state index contributed by atoms with van der Waals surface area (Å²) in [6.07, 6.45) is 2.37. The molecular formula is C22H26N4O6S. The Hall–Kier alpha value is -3.47. The number of benzene rings is 2. The molecule has 1 aliphatic rings. The summed E-state index contributed by atoms with van der Waals surface area (Å²) in [4.78, 5) is 36.7. The molecule has 1 heterocycles. The number of nitro groups is 1. The van der Waals surface area contributed by atoms with Gasteiger partial charge in [0.05, 0.1) is 16.9 Å². The molecule has 1 N–H and O–H groups in total. The minimum atomic E-state index is -3.87. The summed E-state index contributed by atoms with van der Waals surface area (Å²) in [5.74, 6) is -0.419. The van der Waals surface area contributed by atoms with Crippen molar-refractivity contribution >= 4 is 33.2 Å². The van der Waals surface area contributed by atoms with E-state index in [0.717, 1.165) is 40.7 Å². The van der Waals surface area contributed by atoms with Crippen molar-refractivity contribution in [2.45, 2.75) is 32.9 Å². The quantitative estimate of drug-likeness (QED) is 0.438. The molecule has 2 amide bonds. The van der Waals surface area contributed by atoms with Gasteiger partial charge in [-0.05, 0) is 30.0 Å². The van der Waals surface area contributed by atoms with Crippen molar-refractivity contribution in [3.8, 4) is 0 Å². The van der Waals surface area contributed by atoms with Gasteiger partial charge >= 0.3 is 0 Å². The Bertz CT molecular complexity index is 1180. The van der Waals surface area contributed by atoms with Gasteiger partial charge in [-0.2, -0.15) is 0 Å². The SMILES string of the molecule is Cc1ccc([N+](=O)[O-])cc1N(CC(=O)NCc1cccc(CN2CCCC2=O)c1)S(C)(=O)=O. The summed E-state index contributed by atoms with van der Waals surface area (Å²) >= 11 is 0. The Labute approximate surface area is 192 Å². The Morgan fingerprint density at radius 1 is 1.21 bits per heavy atom. The lowest BCUT2D eigenvalue weighted by atomic mass is 10.1. The third kappa shape index (κ3) is 6.28. The van der Waals surface area contributed by atoms with Crippen molar-refractivity contribution in [2.75, 3.05) is 23.7 Å². The highest BCUT2D eigenvalue weighted by molar-refractivity contribution is 7.92. The lowest BCUT2D eigenvalue weighted by Gasteiger charge is -2.23. The number of nitrogens with zero attached hydrogens (tertiary/aromatic N) is 3. The van der Waals surface area contributed by atoms with E-state index in [-0.39, 0.29) is 23.8 Å². The van der Waals surface area contributed by atoms with Crippen LogP contribution in [0.25, 0.3) is 0 Å². The van der Waals surface area contributed by atoms with Crippen LogP contribution in [-0.4, -0.2) is 49.4 Å². The number of nitro benzene ring substituents is 1. The van der Waals surface area contributed by atoms with Crippen LogP contribution in [0.15, 0.2) is 42.5 Å². The molecule has 0 atom stereocenters. The zero-order valence-corrected chi connectivity index (χ0v) is 19.3. The average molecular weight is 475 g/mol. The molecule has 0 spiro atoms. The molecule has 3 rings (SSSR count). The van der Waals surface area contributed by atoms with Crippen LogP contribution >= 0.6 is 0 Å². The van der Waals surface area contributed by atoms with E-state index in [2.05, 4.69) is 5.32 Å². The van der Waals surface area contributed by atoms with Crippen LogP contribution in [0.4, 0.5) is 11.4 Å². The first kappa shape index (κ1) is 24.2. The molecule has 2 aromatic carbocycles. The third-order valence-corrected chi connectivity index (χ3v) is 6.51. The fourth-order valence-electron chi connectivity index (χ4n) is 3.68. The van der Waals surface area contributed by atoms with Gasteiger partial charge in [0.15, 0.2) is 0 Å². The predicted octanol–water partition coefficient (Wildman–Crippen LogP) is 2.11. The number of carbonyl (C=O) groups is 2. The molecule has 0 radical (unpaired) electrons. The maximum Gasteiger partial charge on any atom is 0.271 e. The van der Waals surface area contributed by atoms with Gasteiger partial charge in [-0.1, -0.05) is 30.3 Å². The number of rotatable bonds is 9. The van der Waals surface area contributed by atoms with Gasteiger partial charge in [-0.3, -0.25) is 24.0 Å². The van der Waals surface area contributed by atoms with Gasteiger partial charge in [-0.25, -0.2) is 8.42 Å². The van der Waals surface area contributed by atoms with Crippen molar-refractivity contribution in [1.29, 1.82) is 0 Å². The summed E-state index contributed by atoms with van der Waals surface area (Å²) in [7, 11) is -3.87. The maximum absolute atomic E-state index is 12.6. The fourth-order valence-corrected chi connectivity index (χ4v) is 4.58. The van der Waals surface area contributed by atoms with Gasteiger partial charge in [0.2, 0.25) is 21.8 Å². The first-order chi connectivity index (χ1) is 15.5. The number of aryl methyl sites for hydroxylation is 1. The molecule has 10 nitrogen and oxygen atoms in total. The normalized spacial score (nSPS) is 13.8. The van der Waals surface area contributed by atoms with Crippen LogP contribution in [-0.2, 0) is 32.7 Å². The number of hydrogen-bond donors (Lipinski definition) is 1. The minimum Gasteiger partial charge on any atom is -0.350 e. The van der Waals surface area contributed by atoms with Gasteiger partial charge in [0, 0.05) is 38.2 Å². The minimum absolute atomic E-state index is 0.0825. The van der Waals surface area contributed by atoms with Crippen LogP contribution < -0.4 is 9.62 Å². The lowest BCUT2D eigenvalue weighted by Crippen LogP contribution is -2.40. The highest BCUT2D eigenvalue weighted by Crippen LogP contribution is 2.27. The Morgan fingerprint density at radius 3 is 2.58 bits per heavy atom. The van der Waals surface area contributed by atoms with Crippen molar-refractivity contribution < 1.29 is 22.9 Å². The number of likely N-dealkylation sites (tertiary alicyclic amines) is 1. The van der Waals surface area contributed by atoms with E-state index in [1.807, 2.05) is 24.3 Å². The summed E-state index contributed by atoms with van der Waals surface area (Å²) in [5, 5.41) is 13.8. The number of anilines is 1. The maximum atomic E-state index is 12.6. The van der Waals surface area contributed by atoms with E-state index in [9.17, 15) is 28.1 Å². The van der Waals surface area contributed by atoms with E-state index < -0.39 is 27.4 Å². The Balaban J connectivity index is 1.68. The number of amides is 2. The molecule has 33 heavy (non-hydrogen) atoms. The van der Waals surface area contributed by atoms with E-state index in [4.69, 9.17) is 0 Å². The van der Waals surface area contributed by atoms with Gasteiger partial charge in [0.25, 0.3) is 5.69 Å². The number of nitrogens with one attached hydrogen (secondary N) is 1. The molecule has 0 aliphatic carbocycles. The standard InChI is InChI=1S/C22H26N4O6S/c1-16-8-9-19(26(29)30)12-20(16)25(33(2,31)32)15-21(27)23-13-17-5-3-6-18(11-17)14-24-10-4-7-22(24)28/h3,5-6,8-9,11-12H,4,7,10,13-15H2,1-2H3,(H,23,27). The van der Waals surface area contributed by atoms with Crippen LogP contribution in [0.2, 0.25) is 0 Å². The van der Waals surface area contributed by atoms with Crippen molar-refractivity contribution in [3.63, 3.8) is 0 Å². The van der Waals surface area contributed by atoms with Crippen molar-refractivity contribution in [3.05, 3.63) is 69.3 Å². The summed E-state index contributed by atoms with van der Waals surface area (Å²) in [6.45, 7) is 2.52. The van der Waals surface area contributed by atoms with E-state index in [0.29, 0.717) is 18.5 Å². The second-order valence-electron chi connectivity index (χ2n) is 8.01. The highest BCUT2D eigenvalue weighted by atomic mass is 32.2. The van der Waals surface area contributed by atoms with Crippen LogP contribution in [0, 0.1) is 17.0 Å². The second-order valence-corrected chi connectivity index (χ2v) is 9.92. The number of hydrogen-bond acceptors (Lipinski definition) is 6. The fraction of sp³-hybridized carbons (Fsp3) is 0.364. The smallest absolute Gasteiger partial charge is 0.271 e. The summed E-state index contributed by atoms with van der Waals surface area (Å²) in [5.41, 5.74) is 2.06. The summed E-state index contributed by atoms with van der Waals surface area (Å²) in [6, 6.07) is 11.3. The first-order valence-electron chi connectivity index (χ1n) is 10.4. The topological polar surface area (TPSA) is 130 Å². The Kier molecular flexibility index (Phi) is 7.32. The molecule has 0 bridgehead atoms. The second kappa shape index (κ2) is 9.99. The largest absolute Gasteiger partial charge is 0.350 e. The van der Waals surface area contributed by atoms with E-state index >= 15 is 0 Å². The van der Waals surface area contributed by atoms with Crippen molar-refractivity contribution in [1.82, 2.24) is 10.2 Å². The summed E-state index contributed by atoms with van der Waals surface area (Å²) < 4.78 is 25.6. The number of non-ortho nitro benzene ring substituents is 1. The molecule has 0 saturated carbocycles. The molecule has 1 saturated heterocycles. The van der Waals surface area contributed by atoms with Crippen LogP contribution in [0.1, 0.15) is 29.5 Å². The molecule has 11 heteroatoms. The third-order valence-electron chi connectivity index (χ3n) is 5.39. The van der Waals surface area contributed by atoms with Gasteiger partial charge < -0.3 is 10.2 Å². The molecule has 0 unspecified atom stereocenters. The monoisotopic (exact) mass is 474 g/mol. The molecule has 2 aromatic rings. The Morgan fingerprint density at radius 2 is 1.94 bits per heavy atom. The van der Waals surface area contributed by atoms with Gasteiger partial charge in [-0.15, -0.1) is 0 Å². The number of carbonyl (C=O) groups excluding carboxylic acids is 2. The molecule has 0 aromatic heterocycles. The molecule has 176 valence electrons. The zero-order valence-electron chi connectivity index (χ0n) is 18.5. The highest BCUT2D eigenvalue weighted by Gasteiger charge is 2.24. The van der Waals surface area contributed by atoms with Crippen LogP contribution in [0.5, 0.6) is 0 Å². The van der Waals surface area contributed by atoms with E-state index in [1.54, 1.807) is 11.8 Å². The average Bonchev–Trinajstić information content (AvgIpc) is 3.15. The first-order valence-corrected chi connectivity index (χ1v) is 12.2. The zero-order chi connectivity index (χ0) is 24.2. The number of sulfonamides is 1. The molecular weight excluding hydrogens is 448 g/mol. The van der Waals surface area contributed by atoms with E-state index in [1.165, 1.54) is 12.1 Å². The lowest BCUT2D eigenvalue weighted by molar-refractivity contribution is -0.384. The molecule has 1 fully saturated rings.